The normalized spacial score (nSPS) is 37.1. The molecular weight excluding hydrogens is 678 g/mol. The third-order valence-electron chi connectivity index (χ3n) is 7.63. The van der Waals surface area contributed by atoms with Gasteiger partial charge in [0.2, 0.25) is 19.6 Å². The first-order valence-corrected chi connectivity index (χ1v) is 17.5. The van der Waals surface area contributed by atoms with E-state index in [0.717, 1.165) is 12.7 Å². The number of nitrogens with zero attached hydrogens (tertiary/aromatic N) is 6. The molecule has 2 unspecified atom stereocenters. The molecule has 0 amide bonds. The summed E-state index contributed by atoms with van der Waals surface area (Å²) in [6.07, 6.45) is -6.32. The van der Waals surface area contributed by atoms with Crippen LogP contribution in [0.25, 0.3) is 22.3 Å². The first-order valence-electron chi connectivity index (χ1n) is 13.3. The van der Waals surface area contributed by atoms with Crippen LogP contribution in [-0.4, -0.2) is 99.0 Å². The van der Waals surface area contributed by atoms with Crippen molar-refractivity contribution in [2.45, 2.75) is 49.0 Å². The van der Waals surface area contributed by atoms with Crippen LogP contribution in [0.1, 0.15) is 12.5 Å². The van der Waals surface area contributed by atoms with Gasteiger partial charge < -0.3 is 50.0 Å². The van der Waals surface area contributed by atoms with E-state index in [2.05, 4.69) is 40.1 Å². The molecule has 3 saturated heterocycles. The van der Waals surface area contributed by atoms with Crippen LogP contribution in [0.5, 0.6) is 0 Å². The Bertz CT molecular complexity index is 1910. The van der Waals surface area contributed by atoms with Gasteiger partial charge in [0.1, 0.15) is 24.4 Å². The number of aromatic nitrogens is 8. The second kappa shape index (κ2) is 11.2. The fourth-order valence-corrected chi connectivity index (χ4v) is 8.34. The van der Waals surface area contributed by atoms with Gasteiger partial charge in [-0.05, 0) is 0 Å². The van der Waals surface area contributed by atoms with Crippen molar-refractivity contribution < 1.29 is 43.1 Å². The van der Waals surface area contributed by atoms with Gasteiger partial charge in [-0.2, -0.15) is 9.97 Å². The van der Waals surface area contributed by atoms with Crippen LogP contribution in [0, 0.1) is 0 Å². The maximum Gasteiger partial charge on any atom is 0.280 e. The Kier molecular flexibility index (Phi) is 7.64. The first kappa shape index (κ1) is 31.4. The number of hydrogen-bond donors (Lipinski definition) is 8. The van der Waals surface area contributed by atoms with E-state index in [-0.39, 0.29) is 34.2 Å². The van der Waals surface area contributed by atoms with Crippen molar-refractivity contribution in [3.05, 3.63) is 33.4 Å². The van der Waals surface area contributed by atoms with E-state index in [1.54, 1.807) is 0 Å². The van der Waals surface area contributed by atoms with Crippen LogP contribution >= 0.6 is 14.4 Å². The van der Waals surface area contributed by atoms with E-state index in [0.29, 0.717) is 0 Å². The molecule has 10 N–H and O–H groups in total. The number of aromatic amines is 2. The average molecular weight is 703 g/mol. The lowest BCUT2D eigenvalue weighted by atomic mass is 10.1. The average Bonchev–Trinajstić information content (AvgIpc) is 3.72. The summed E-state index contributed by atoms with van der Waals surface area (Å²) in [5.74, 6) is -0.489. The molecule has 0 aromatic carbocycles. The lowest BCUT2D eigenvalue weighted by Gasteiger charge is -2.38. The van der Waals surface area contributed by atoms with Crippen LogP contribution in [0.15, 0.2) is 22.2 Å². The van der Waals surface area contributed by atoms with Crippen molar-refractivity contribution >= 4 is 60.4 Å². The van der Waals surface area contributed by atoms with Crippen LogP contribution in [0.2, 0.25) is 0 Å². The van der Waals surface area contributed by atoms with Crippen LogP contribution in [0.4, 0.5) is 11.9 Å². The fourth-order valence-electron chi connectivity index (χ4n) is 5.59. The molecule has 0 radical (unpaired) electrons. The minimum absolute atomic E-state index is 0.0563. The van der Waals surface area contributed by atoms with E-state index in [9.17, 15) is 34.2 Å². The molecular formula is C20H24N12O11P2S-2. The predicted octanol–water partition coefficient (Wildman–Crippen LogP) is -5.05. The number of anilines is 2. The number of nitrogens with one attached hydrogen (secondary N) is 4. The molecule has 4 aromatic rings. The Morgan fingerprint density at radius 1 is 0.848 bits per heavy atom. The smallest absolute Gasteiger partial charge is 0.280 e. The minimum Gasteiger partial charge on any atom is -0.789 e. The Balaban J connectivity index is 1.18. The maximum atomic E-state index is 13.5. The second-order valence-electron chi connectivity index (χ2n) is 10.6. The molecule has 10 atom stereocenters. The molecule has 0 bridgehead atoms. The molecule has 0 aliphatic carbocycles. The highest BCUT2D eigenvalue weighted by Gasteiger charge is 2.50. The van der Waals surface area contributed by atoms with Gasteiger partial charge in [0.15, 0.2) is 34.8 Å². The predicted molar refractivity (Wildman–Crippen MR) is 153 cm³/mol. The van der Waals surface area contributed by atoms with Crippen molar-refractivity contribution in [2.24, 2.45) is 0 Å². The number of aliphatic hydroxyl groups is 2. The van der Waals surface area contributed by atoms with Crippen molar-refractivity contribution in [3.8, 4) is 0 Å². The molecule has 4 aromatic heterocycles. The zero-order valence-electron chi connectivity index (χ0n) is 22.9. The summed E-state index contributed by atoms with van der Waals surface area (Å²) in [7, 11) is -5.04. The summed E-state index contributed by atoms with van der Waals surface area (Å²) in [5, 5.41) is 27.2. The second-order valence-corrected chi connectivity index (χ2v) is 15.0. The number of aliphatic hydroxyl groups excluding tert-OH is 2. The van der Waals surface area contributed by atoms with E-state index < -0.39 is 87.7 Å². The third kappa shape index (κ3) is 5.45. The number of fused-ring (bicyclic) bond motifs is 4. The molecule has 46 heavy (non-hydrogen) atoms. The highest BCUT2D eigenvalue weighted by molar-refractivity contribution is 8.07. The highest BCUT2D eigenvalue weighted by Crippen LogP contribution is 2.45. The summed E-state index contributed by atoms with van der Waals surface area (Å²) in [4.78, 5) is 71.6. The number of hydrogen-bond acceptors (Lipinski definition) is 18. The van der Waals surface area contributed by atoms with Crippen molar-refractivity contribution in [2.75, 3.05) is 24.7 Å². The SMILES string of the molecule is Nc1nc2c(ncn2[C@@H]2O[C@@H]3COP([O-])(=S)N[C@H]4[C@@H](O)[C@H](n5cnc6c(=O)[nH]c(N)nc65)O[C@@H]4COP(=O)([O-])N[C@H]3[C@H]2O)c(=O)[nH]1. The molecule has 26 heteroatoms. The molecule has 0 saturated carbocycles. The molecule has 3 fully saturated rings. The molecule has 3 aliphatic rings. The van der Waals surface area contributed by atoms with E-state index in [4.69, 9.17) is 41.8 Å². The molecule has 23 nitrogen and oxygen atoms in total. The quantitative estimate of drug-likeness (QED) is 0.0906. The summed E-state index contributed by atoms with van der Waals surface area (Å²) >= 11 is 5.18. The zero-order chi connectivity index (χ0) is 32.7. The standard InChI is InChI=1S/C20H26N12O11P2S/c21-19-25-13-9(15(35)27-19)23-3-31(13)17-11(33)7-6(43-17)2-41-45(39,46)30-8-5(1-40-44(37,38)29-7)42-18(12(8)34)32-4-24-10-14(32)26-20(22)28-16(10)36/h3-8,11-12,17-18,33-34H,1-2H2,(H2,29,37,38)(H2,30,39,46)(H3,21,25,27,35)(H3,22,26,28,36)/p-2/t5-,6-,7-,8-,11-,12-,17-,18-,45?/m1/s1. The summed E-state index contributed by atoms with van der Waals surface area (Å²) < 4.78 is 37.9. The van der Waals surface area contributed by atoms with Crippen molar-refractivity contribution in [1.82, 2.24) is 49.2 Å². The van der Waals surface area contributed by atoms with Gasteiger partial charge >= 0.3 is 0 Å². The molecule has 7 heterocycles. The monoisotopic (exact) mass is 702 g/mol. The number of imidazole rings is 2. The Hall–Kier alpha value is -3.22. The lowest BCUT2D eigenvalue weighted by Crippen LogP contribution is -2.50. The summed E-state index contributed by atoms with van der Waals surface area (Å²) in [6, 6.07) is -2.79. The number of H-pyrrole nitrogens is 2. The van der Waals surface area contributed by atoms with Gasteiger partial charge in [0.05, 0.1) is 44.6 Å². The first-order chi connectivity index (χ1) is 21.7. The van der Waals surface area contributed by atoms with Crippen LogP contribution < -0.4 is 42.5 Å². The molecule has 248 valence electrons. The van der Waals surface area contributed by atoms with Crippen LogP contribution in [-0.2, 0) is 34.9 Å². The molecule has 7 rings (SSSR count). The Morgan fingerprint density at radius 3 is 1.80 bits per heavy atom. The van der Waals surface area contributed by atoms with Crippen LogP contribution in [0.3, 0.4) is 0 Å². The van der Waals surface area contributed by atoms with E-state index in [1.807, 2.05) is 0 Å². The topological polar surface area (TPSA) is 344 Å². The number of ether oxygens (including phenoxy) is 2. The largest absolute Gasteiger partial charge is 0.789 e. The van der Waals surface area contributed by atoms with Crippen molar-refractivity contribution in [3.63, 3.8) is 0 Å². The Morgan fingerprint density at radius 2 is 1.30 bits per heavy atom. The van der Waals surface area contributed by atoms with Gasteiger partial charge in [-0.15, -0.1) is 0 Å². The van der Waals surface area contributed by atoms with E-state index >= 15 is 0 Å². The van der Waals surface area contributed by atoms with Gasteiger partial charge in [0, 0.05) is 0 Å². The fraction of sp³-hybridized carbons (Fsp3) is 0.500. The number of rotatable bonds is 2. The molecule has 0 spiro atoms. The third-order valence-corrected chi connectivity index (χ3v) is 10.5. The minimum atomic E-state index is -5.04. The Labute approximate surface area is 259 Å². The maximum absolute atomic E-state index is 13.5. The van der Waals surface area contributed by atoms with Gasteiger partial charge in [-0.1, -0.05) is 11.8 Å². The highest BCUT2D eigenvalue weighted by atomic mass is 32.5. The van der Waals surface area contributed by atoms with Gasteiger partial charge in [-0.3, -0.25) is 38.3 Å². The summed E-state index contributed by atoms with van der Waals surface area (Å²) in [6.45, 7) is -5.62. The number of nitrogens with two attached hydrogens (primary N) is 2. The molecule has 3 aliphatic heterocycles. The van der Waals surface area contributed by atoms with Crippen molar-refractivity contribution in [1.29, 1.82) is 0 Å². The zero-order valence-corrected chi connectivity index (χ0v) is 25.5. The number of nitrogen functional groups attached to an aromatic ring is 2. The van der Waals surface area contributed by atoms with Gasteiger partial charge in [-0.25, -0.2) is 15.1 Å². The lowest BCUT2D eigenvalue weighted by molar-refractivity contribution is -0.207. The van der Waals surface area contributed by atoms with E-state index in [1.165, 1.54) is 9.13 Å². The summed E-state index contributed by atoms with van der Waals surface area (Å²) in [5.41, 5.74) is 9.62. The van der Waals surface area contributed by atoms with Gasteiger partial charge in [0.25, 0.3) is 11.1 Å².